The van der Waals surface area contributed by atoms with Crippen LogP contribution in [0.4, 0.5) is 14.9 Å². The maximum atomic E-state index is 15.4. The van der Waals surface area contributed by atoms with E-state index >= 15 is 4.39 Å². The van der Waals surface area contributed by atoms with Gasteiger partial charge in [-0.1, -0.05) is 48.0 Å². The maximum Gasteiger partial charge on any atom is 0.407 e. The Kier molecular flexibility index (Phi) is 12.7. The van der Waals surface area contributed by atoms with Crippen LogP contribution in [0.5, 0.6) is 0 Å². The van der Waals surface area contributed by atoms with Crippen LogP contribution in [-0.2, 0) is 30.7 Å². The van der Waals surface area contributed by atoms with Crippen LogP contribution in [0.15, 0.2) is 77.7 Å². The van der Waals surface area contributed by atoms with Crippen molar-refractivity contribution in [2.45, 2.75) is 68.0 Å². The molecule has 0 bridgehead atoms. The Morgan fingerprint density at radius 2 is 1.76 bits per heavy atom. The minimum absolute atomic E-state index is 0.00332. The molecule has 13 heteroatoms. The van der Waals surface area contributed by atoms with Gasteiger partial charge in [-0.15, -0.1) is 0 Å². The van der Waals surface area contributed by atoms with E-state index < -0.39 is 39.8 Å². The van der Waals surface area contributed by atoms with Crippen LogP contribution in [0.1, 0.15) is 49.7 Å². The molecule has 0 radical (unpaired) electrons. The molecule has 3 aromatic carbocycles. The average Bonchev–Trinajstić information content (AvgIpc) is 3.10. The van der Waals surface area contributed by atoms with E-state index in [4.69, 9.17) is 21.1 Å². The molecule has 0 saturated carbocycles. The Balaban J connectivity index is 1.36. The summed E-state index contributed by atoms with van der Waals surface area (Å²) >= 11 is 6.19. The molecule has 2 aliphatic heterocycles. The number of ether oxygens (including phenoxy) is 2. The van der Waals surface area contributed by atoms with Crippen LogP contribution in [0, 0.1) is 11.7 Å². The van der Waals surface area contributed by atoms with Crippen molar-refractivity contribution in [2.75, 3.05) is 38.7 Å². The summed E-state index contributed by atoms with van der Waals surface area (Å²) in [4.78, 5) is 27.0. The SMILES string of the molecule is COC(=O)NC(C(=O)Nc1cccc(F)c1CCCC1CNCC(C)N1S(=O)(=O)c1ccccc1)C(c1ccc(Cl)cc1)C1CCOCC1. The first-order valence-electron chi connectivity index (χ1n) is 16.7. The van der Waals surface area contributed by atoms with E-state index in [1.54, 1.807) is 52.8 Å². The normalized spacial score (nSPS) is 20.2. The molecule has 2 aliphatic rings. The minimum Gasteiger partial charge on any atom is -0.453 e. The van der Waals surface area contributed by atoms with E-state index in [1.165, 1.54) is 19.2 Å². The molecule has 3 N–H and O–H groups in total. The summed E-state index contributed by atoms with van der Waals surface area (Å²) in [5.41, 5.74) is 1.40. The smallest absolute Gasteiger partial charge is 0.407 e. The molecule has 5 rings (SSSR count). The van der Waals surface area contributed by atoms with Crippen molar-refractivity contribution < 1.29 is 31.9 Å². The number of sulfonamides is 1. The first-order valence-corrected chi connectivity index (χ1v) is 18.5. The molecule has 2 saturated heterocycles. The van der Waals surface area contributed by atoms with Gasteiger partial charge in [0.05, 0.1) is 12.0 Å². The molecular formula is C36H44ClFN4O6S. The fraction of sp³-hybridized carbons (Fsp3) is 0.444. The number of carbonyl (C=O) groups is 2. The predicted octanol–water partition coefficient (Wildman–Crippen LogP) is 5.73. The third kappa shape index (κ3) is 8.98. The van der Waals surface area contributed by atoms with Gasteiger partial charge in [0.25, 0.3) is 0 Å². The highest BCUT2D eigenvalue weighted by molar-refractivity contribution is 7.89. The summed E-state index contributed by atoms with van der Waals surface area (Å²) in [6, 6.07) is 18.4. The second-order valence-electron chi connectivity index (χ2n) is 12.6. The lowest BCUT2D eigenvalue weighted by Crippen LogP contribution is -2.58. The fourth-order valence-corrected chi connectivity index (χ4v) is 9.02. The fourth-order valence-electron chi connectivity index (χ4n) is 7.03. The van der Waals surface area contributed by atoms with E-state index in [9.17, 15) is 18.0 Å². The van der Waals surface area contributed by atoms with Crippen LogP contribution >= 0.6 is 11.6 Å². The van der Waals surface area contributed by atoms with Crippen LogP contribution in [0.2, 0.25) is 5.02 Å². The standard InChI is InChI=1S/C36H44ClFN4O6S/c1-24-22-39-23-28(42(24)49(45,46)29-9-4-3-5-10-29)8-6-11-30-31(38)12-7-13-32(30)40-35(43)34(41-36(44)47-2)33(26-18-20-48-21-19-26)25-14-16-27(37)17-15-25/h3-5,7,9-10,12-17,24,26,28,33-34,39H,6,8,11,18-23H2,1-2H3,(H,40,43)(H,41,44). The zero-order valence-electron chi connectivity index (χ0n) is 27.7. The van der Waals surface area contributed by atoms with E-state index in [1.807, 2.05) is 19.1 Å². The summed E-state index contributed by atoms with van der Waals surface area (Å²) in [5.74, 6) is -1.46. The van der Waals surface area contributed by atoms with Gasteiger partial charge in [-0.3, -0.25) is 4.79 Å². The number of piperazine rings is 1. The Morgan fingerprint density at radius 1 is 1.04 bits per heavy atom. The molecule has 4 unspecified atom stereocenters. The van der Waals surface area contributed by atoms with Gasteiger partial charge in [-0.05, 0) is 86.9 Å². The van der Waals surface area contributed by atoms with Gasteiger partial charge in [-0.2, -0.15) is 4.31 Å². The van der Waals surface area contributed by atoms with Gasteiger partial charge in [0.1, 0.15) is 11.9 Å². The number of halogens is 2. The monoisotopic (exact) mass is 714 g/mol. The van der Waals surface area contributed by atoms with Gasteiger partial charge < -0.3 is 25.4 Å². The number of benzene rings is 3. The highest BCUT2D eigenvalue weighted by Crippen LogP contribution is 2.36. The molecule has 2 fully saturated rings. The molecule has 2 amide bonds. The third-order valence-electron chi connectivity index (χ3n) is 9.40. The van der Waals surface area contributed by atoms with Crippen molar-refractivity contribution in [3.05, 3.63) is 94.8 Å². The Hall–Kier alpha value is -3.55. The molecule has 3 aromatic rings. The number of methoxy groups -OCH3 is 1. The maximum absolute atomic E-state index is 15.4. The molecule has 2 heterocycles. The summed E-state index contributed by atoms with van der Waals surface area (Å²) in [6.07, 6.45) is 1.77. The molecule has 0 aliphatic carbocycles. The van der Waals surface area contributed by atoms with Crippen LogP contribution < -0.4 is 16.0 Å². The zero-order chi connectivity index (χ0) is 35.0. The third-order valence-corrected chi connectivity index (χ3v) is 11.7. The zero-order valence-corrected chi connectivity index (χ0v) is 29.3. The van der Waals surface area contributed by atoms with Crippen LogP contribution in [0.25, 0.3) is 0 Å². The number of alkyl carbamates (subject to hydrolysis) is 1. The van der Waals surface area contributed by atoms with E-state index in [-0.39, 0.29) is 35.0 Å². The summed E-state index contributed by atoms with van der Waals surface area (Å²) in [6.45, 7) is 3.91. The average molecular weight is 715 g/mol. The molecule has 49 heavy (non-hydrogen) atoms. The largest absolute Gasteiger partial charge is 0.453 e. The quantitative estimate of drug-likeness (QED) is 0.219. The minimum atomic E-state index is -3.75. The Bertz CT molecular complexity index is 1670. The van der Waals surface area contributed by atoms with Crippen molar-refractivity contribution in [3.8, 4) is 0 Å². The van der Waals surface area contributed by atoms with Gasteiger partial charge >= 0.3 is 6.09 Å². The highest BCUT2D eigenvalue weighted by Gasteiger charge is 2.39. The molecule has 4 atom stereocenters. The molecule has 10 nitrogen and oxygen atoms in total. The van der Waals surface area contributed by atoms with Gasteiger partial charge in [0, 0.05) is 60.6 Å². The second kappa shape index (κ2) is 16.9. The van der Waals surface area contributed by atoms with Gasteiger partial charge in [0.15, 0.2) is 0 Å². The van der Waals surface area contributed by atoms with Gasteiger partial charge in [0.2, 0.25) is 15.9 Å². The predicted molar refractivity (Wildman–Crippen MR) is 187 cm³/mol. The van der Waals surface area contributed by atoms with Crippen molar-refractivity contribution in [1.29, 1.82) is 0 Å². The van der Waals surface area contributed by atoms with Gasteiger partial charge in [-0.25, -0.2) is 17.6 Å². The Morgan fingerprint density at radius 3 is 2.45 bits per heavy atom. The summed E-state index contributed by atoms with van der Waals surface area (Å²) in [5, 5.41) is 9.52. The number of anilines is 1. The number of hydrogen-bond donors (Lipinski definition) is 3. The lowest BCUT2D eigenvalue weighted by molar-refractivity contribution is -0.119. The number of amides is 2. The Labute approximate surface area is 292 Å². The summed E-state index contributed by atoms with van der Waals surface area (Å²) < 4.78 is 54.8. The number of rotatable bonds is 12. The van der Waals surface area contributed by atoms with Crippen LogP contribution in [-0.4, -0.2) is 76.3 Å². The van der Waals surface area contributed by atoms with E-state index in [0.29, 0.717) is 62.6 Å². The van der Waals surface area contributed by atoms with E-state index in [0.717, 1.165) is 5.56 Å². The molecule has 264 valence electrons. The van der Waals surface area contributed by atoms with E-state index in [2.05, 4.69) is 16.0 Å². The molecular weight excluding hydrogens is 671 g/mol. The number of hydrogen-bond acceptors (Lipinski definition) is 7. The lowest BCUT2D eigenvalue weighted by atomic mass is 9.76. The second-order valence-corrected chi connectivity index (χ2v) is 14.9. The first kappa shape index (κ1) is 36.7. The van der Waals surface area contributed by atoms with Crippen molar-refractivity contribution in [3.63, 3.8) is 0 Å². The van der Waals surface area contributed by atoms with Crippen molar-refractivity contribution in [1.82, 2.24) is 14.9 Å². The lowest BCUT2D eigenvalue weighted by Gasteiger charge is -2.40. The first-order chi connectivity index (χ1) is 23.6. The topological polar surface area (TPSA) is 126 Å². The highest BCUT2D eigenvalue weighted by atomic mass is 35.5. The number of nitrogens with one attached hydrogen (secondary N) is 3. The summed E-state index contributed by atoms with van der Waals surface area (Å²) in [7, 11) is -2.52. The molecule has 0 spiro atoms. The van der Waals surface area contributed by atoms with Crippen LogP contribution in [0.3, 0.4) is 0 Å². The molecule has 0 aromatic heterocycles. The van der Waals surface area contributed by atoms with Crippen molar-refractivity contribution >= 4 is 39.3 Å². The number of nitrogens with zero attached hydrogens (tertiary/aromatic N) is 1. The van der Waals surface area contributed by atoms with Crippen molar-refractivity contribution in [2.24, 2.45) is 5.92 Å². The number of carbonyl (C=O) groups excluding carboxylic acids is 2.